The van der Waals surface area contributed by atoms with Gasteiger partial charge in [-0.25, -0.2) is 4.68 Å². The summed E-state index contributed by atoms with van der Waals surface area (Å²) in [6.07, 6.45) is 2.18. The normalized spacial score (nSPS) is 15.0. The first-order valence-electron chi connectivity index (χ1n) is 7.64. The van der Waals surface area contributed by atoms with E-state index in [2.05, 4.69) is 10.4 Å². The van der Waals surface area contributed by atoms with Gasteiger partial charge in [0.15, 0.2) is 0 Å². The second-order valence-electron chi connectivity index (χ2n) is 5.68. The Balaban J connectivity index is 1.82. The molecule has 23 heavy (non-hydrogen) atoms. The van der Waals surface area contributed by atoms with Crippen molar-refractivity contribution >= 4 is 11.6 Å². The van der Waals surface area contributed by atoms with Crippen molar-refractivity contribution in [2.75, 3.05) is 12.4 Å². The van der Waals surface area contributed by atoms with Crippen LogP contribution < -0.4 is 15.6 Å². The minimum Gasteiger partial charge on any atom is -0.495 e. The molecule has 1 amide bonds. The SMILES string of the molecule is COc1ccccc1NC(=O)C(C)n1nc(C2CC2)ccc1=O. The fourth-order valence-electron chi connectivity index (χ4n) is 2.41. The predicted molar refractivity (Wildman–Crippen MR) is 86.8 cm³/mol. The molecule has 0 bridgehead atoms. The quantitative estimate of drug-likeness (QED) is 0.919. The van der Waals surface area contributed by atoms with E-state index in [4.69, 9.17) is 4.74 Å². The van der Waals surface area contributed by atoms with E-state index in [-0.39, 0.29) is 11.5 Å². The van der Waals surface area contributed by atoms with Crippen molar-refractivity contribution < 1.29 is 9.53 Å². The van der Waals surface area contributed by atoms with Crippen molar-refractivity contribution in [1.82, 2.24) is 9.78 Å². The molecule has 0 aliphatic heterocycles. The van der Waals surface area contributed by atoms with Gasteiger partial charge in [0.1, 0.15) is 11.8 Å². The van der Waals surface area contributed by atoms with Crippen LogP contribution in [0, 0.1) is 0 Å². The fraction of sp³-hybridized carbons (Fsp3) is 0.353. The first-order chi connectivity index (χ1) is 11.1. The number of hydrogen-bond acceptors (Lipinski definition) is 4. The Morgan fingerprint density at radius 2 is 2.04 bits per heavy atom. The van der Waals surface area contributed by atoms with Gasteiger partial charge in [-0.05, 0) is 38.0 Å². The number of nitrogens with zero attached hydrogens (tertiary/aromatic N) is 2. The van der Waals surface area contributed by atoms with Gasteiger partial charge in [-0.3, -0.25) is 9.59 Å². The van der Waals surface area contributed by atoms with E-state index in [1.165, 1.54) is 10.7 Å². The third-order valence-electron chi connectivity index (χ3n) is 3.95. The van der Waals surface area contributed by atoms with E-state index in [0.717, 1.165) is 18.5 Å². The van der Waals surface area contributed by atoms with Crippen molar-refractivity contribution in [3.8, 4) is 5.75 Å². The standard InChI is InChI=1S/C17H19N3O3/c1-11(17(22)18-14-5-3-4-6-15(14)23-2)20-16(21)10-9-13(19-20)12-7-8-12/h3-6,9-12H,7-8H2,1-2H3,(H,18,22). The largest absolute Gasteiger partial charge is 0.495 e. The van der Waals surface area contributed by atoms with Crippen molar-refractivity contribution in [1.29, 1.82) is 0 Å². The van der Waals surface area contributed by atoms with Crippen molar-refractivity contribution in [3.05, 3.63) is 52.4 Å². The van der Waals surface area contributed by atoms with E-state index in [1.54, 1.807) is 38.3 Å². The molecule has 2 aromatic rings. The Morgan fingerprint density at radius 3 is 2.74 bits per heavy atom. The number of para-hydroxylation sites is 2. The molecular formula is C17H19N3O3. The zero-order valence-corrected chi connectivity index (χ0v) is 13.2. The molecule has 1 fully saturated rings. The van der Waals surface area contributed by atoms with E-state index in [1.807, 2.05) is 6.07 Å². The lowest BCUT2D eigenvalue weighted by Crippen LogP contribution is -2.33. The third kappa shape index (κ3) is 3.26. The molecule has 0 saturated heterocycles. The van der Waals surface area contributed by atoms with Crippen LogP contribution in [0.4, 0.5) is 5.69 Å². The monoisotopic (exact) mass is 313 g/mol. The summed E-state index contributed by atoms with van der Waals surface area (Å²) in [5.41, 5.74) is 1.16. The molecule has 1 aliphatic rings. The maximum absolute atomic E-state index is 12.5. The van der Waals surface area contributed by atoms with Crippen LogP contribution in [0.15, 0.2) is 41.2 Å². The number of nitrogens with one attached hydrogen (secondary N) is 1. The van der Waals surface area contributed by atoms with Gasteiger partial charge >= 0.3 is 0 Å². The topological polar surface area (TPSA) is 73.2 Å². The molecule has 0 spiro atoms. The van der Waals surface area contributed by atoms with Crippen LogP contribution in [0.3, 0.4) is 0 Å². The highest BCUT2D eigenvalue weighted by Crippen LogP contribution is 2.38. The number of ether oxygens (including phenoxy) is 1. The molecule has 1 atom stereocenters. The second-order valence-corrected chi connectivity index (χ2v) is 5.68. The average Bonchev–Trinajstić information content (AvgIpc) is 3.40. The highest BCUT2D eigenvalue weighted by atomic mass is 16.5. The number of methoxy groups -OCH3 is 1. The molecular weight excluding hydrogens is 294 g/mol. The molecule has 1 aromatic heterocycles. The Morgan fingerprint density at radius 1 is 1.30 bits per heavy atom. The molecule has 1 aromatic carbocycles. The van der Waals surface area contributed by atoms with Crippen LogP contribution in [0.2, 0.25) is 0 Å². The molecule has 6 heteroatoms. The van der Waals surface area contributed by atoms with E-state index in [9.17, 15) is 9.59 Å². The van der Waals surface area contributed by atoms with Crippen molar-refractivity contribution in [3.63, 3.8) is 0 Å². The van der Waals surface area contributed by atoms with Crippen LogP contribution in [-0.2, 0) is 4.79 Å². The molecule has 3 rings (SSSR count). The minimum atomic E-state index is -0.703. The minimum absolute atomic E-state index is 0.280. The van der Waals surface area contributed by atoms with Crippen LogP contribution in [0.5, 0.6) is 5.75 Å². The van der Waals surface area contributed by atoms with Gasteiger partial charge in [0, 0.05) is 12.0 Å². The zero-order chi connectivity index (χ0) is 16.4. The van der Waals surface area contributed by atoms with E-state index in [0.29, 0.717) is 17.4 Å². The summed E-state index contributed by atoms with van der Waals surface area (Å²) in [5, 5.41) is 7.14. The number of hydrogen-bond donors (Lipinski definition) is 1. The number of rotatable bonds is 5. The first kappa shape index (κ1) is 15.3. The van der Waals surface area contributed by atoms with Crippen molar-refractivity contribution in [2.45, 2.75) is 31.7 Å². The second kappa shape index (κ2) is 6.24. The molecule has 1 heterocycles. The van der Waals surface area contributed by atoms with Crippen LogP contribution in [-0.4, -0.2) is 22.8 Å². The van der Waals surface area contributed by atoms with Gasteiger partial charge < -0.3 is 10.1 Å². The molecule has 1 unspecified atom stereocenters. The van der Waals surface area contributed by atoms with E-state index >= 15 is 0 Å². The average molecular weight is 313 g/mol. The summed E-state index contributed by atoms with van der Waals surface area (Å²) in [6.45, 7) is 1.66. The summed E-state index contributed by atoms with van der Waals surface area (Å²) in [5.74, 6) is 0.684. The van der Waals surface area contributed by atoms with Crippen LogP contribution >= 0.6 is 0 Å². The Hall–Kier alpha value is -2.63. The molecule has 120 valence electrons. The molecule has 1 N–H and O–H groups in total. The zero-order valence-electron chi connectivity index (χ0n) is 13.2. The Kier molecular flexibility index (Phi) is 4.14. The number of carbonyl (C=O) groups excluding carboxylic acids is 1. The number of benzene rings is 1. The Bertz CT molecular complexity index is 781. The summed E-state index contributed by atoms with van der Waals surface area (Å²) >= 11 is 0. The number of anilines is 1. The van der Waals surface area contributed by atoms with Gasteiger partial charge in [-0.2, -0.15) is 5.10 Å². The number of carbonyl (C=O) groups is 1. The molecule has 1 saturated carbocycles. The lowest BCUT2D eigenvalue weighted by atomic mass is 10.2. The van der Waals surface area contributed by atoms with E-state index < -0.39 is 6.04 Å². The summed E-state index contributed by atoms with van der Waals surface area (Å²) in [4.78, 5) is 24.5. The molecule has 6 nitrogen and oxygen atoms in total. The number of aromatic nitrogens is 2. The summed E-state index contributed by atoms with van der Waals surface area (Å²) in [6, 6.07) is 9.67. The van der Waals surface area contributed by atoms with Gasteiger partial charge in [0.05, 0.1) is 18.5 Å². The first-order valence-corrected chi connectivity index (χ1v) is 7.64. The van der Waals surface area contributed by atoms with Gasteiger partial charge in [0.25, 0.3) is 5.56 Å². The Labute approximate surface area is 134 Å². The smallest absolute Gasteiger partial charge is 0.267 e. The molecule has 0 radical (unpaired) electrons. The molecule has 1 aliphatic carbocycles. The summed E-state index contributed by atoms with van der Waals surface area (Å²) < 4.78 is 6.46. The lowest BCUT2D eigenvalue weighted by Gasteiger charge is -2.16. The van der Waals surface area contributed by atoms with Gasteiger partial charge in [0.2, 0.25) is 5.91 Å². The maximum atomic E-state index is 12.5. The third-order valence-corrected chi connectivity index (χ3v) is 3.95. The predicted octanol–water partition coefficient (Wildman–Crippen LogP) is 2.33. The maximum Gasteiger partial charge on any atom is 0.267 e. The van der Waals surface area contributed by atoms with Crippen LogP contribution in [0.1, 0.15) is 37.4 Å². The highest BCUT2D eigenvalue weighted by molar-refractivity contribution is 5.94. The fourth-order valence-corrected chi connectivity index (χ4v) is 2.41. The summed E-state index contributed by atoms with van der Waals surface area (Å²) in [7, 11) is 1.54. The lowest BCUT2D eigenvalue weighted by molar-refractivity contribution is -0.119. The van der Waals surface area contributed by atoms with Gasteiger partial charge in [-0.15, -0.1) is 0 Å². The number of amides is 1. The van der Waals surface area contributed by atoms with Crippen LogP contribution in [0.25, 0.3) is 0 Å². The van der Waals surface area contributed by atoms with Gasteiger partial charge in [-0.1, -0.05) is 12.1 Å². The van der Waals surface area contributed by atoms with Crippen molar-refractivity contribution in [2.24, 2.45) is 0 Å². The highest BCUT2D eigenvalue weighted by Gasteiger charge is 2.27.